The van der Waals surface area contributed by atoms with Crippen molar-refractivity contribution in [3.63, 3.8) is 0 Å². The predicted octanol–water partition coefficient (Wildman–Crippen LogP) is 6.50. The highest BCUT2D eigenvalue weighted by molar-refractivity contribution is 7.85. The molecule has 0 atom stereocenters. The van der Waals surface area contributed by atoms with Crippen LogP contribution in [0.25, 0.3) is 20.8 Å². The Hall–Kier alpha value is -3.35. The largest absolute Gasteiger partial charge is 0.324 e. The molecule has 182 valence electrons. The van der Waals surface area contributed by atoms with Crippen molar-refractivity contribution in [3.8, 4) is 10.6 Å². The maximum Gasteiger partial charge on any atom is 0.294 e. The first kappa shape index (κ1) is 24.3. The predicted molar refractivity (Wildman–Crippen MR) is 142 cm³/mol. The lowest BCUT2D eigenvalue weighted by Gasteiger charge is -2.10. The van der Waals surface area contributed by atoms with Gasteiger partial charge in [-0.2, -0.15) is 23.4 Å². The average Bonchev–Trinajstić information content (AvgIpc) is 3.21. The van der Waals surface area contributed by atoms with Crippen LogP contribution in [0.2, 0.25) is 10.3 Å². The number of fused-ring (bicyclic) bond motifs is 1. The van der Waals surface area contributed by atoms with Crippen molar-refractivity contribution in [1.29, 1.82) is 0 Å². The molecule has 0 spiro atoms. The number of halogens is 2. The van der Waals surface area contributed by atoms with Crippen molar-refractivity contribution in [2.24, 2.45) is 0 Å². The third-order valence-electron chi connectivity index (χ3n) is 5.00. The lowest BCUT2D eigenvalue weighted by molar-refractivity contribution is 0.483. The van der Waals surface area contributed by atoms with Crippen molar-refractivity contribution in [2.75, 3.05) is 10.6 Å². The van der Waals surface area contributed by atoms with Gasteiger partial charge in [-0.3, -0.25) is 4.55 Å². The van der Waals surface area contributed by atoms with E-state index in [9.17, 15) is 13.0 Å². The van der Waals surface area contributed by atoms with Gasteiger partial charge in [-0.1, -0.05) is 23.7 Å². The number of rotatable bonds is 6. The quantitative estimate of drug-likeness (QED) is 0.200. The van der Waals surface area contributed by atoms with Gasteiger partial charge in [-0.15, -0.1) is 11.3 Å². The number of thiazole rings is 1. The SMILES string of the molecule is Cc1ccc2nc(-c3ccc(Nc4nc(Cl)nc(Nc5cccc(S(=O)(=O)O)c5)n4)cc3Cl)sc2c1. The van der Waals surface area contributed by atoms with Crippen LogP contribution >= 0.6 is 34.5 Å². The zero-order valence-corrected chi connectivity index (χ0v) is 21.5. The van der Waals surface area contributed by atoms with Gasteiger partial charge in [0.1, 0.15) is 5.01 Å². The zero-order valence-electron chi connectivity index (χ0n) is 18.4. The molecule has 36 heavy (non-hydrogen) atoms. The first-order valence-electron chi connectivity index (χ1n) is 10.3. The van der Waals surface area contributed by atoms with Gasteiger partial charge in [0.2, 0.25) is 17.2 Å². The van der Waals surface area contributed by atoms with E-state index >= 15 is 0 Å². The summed E-state index contributed by atoms with van der Waals surface area (Å²) >= 11 is 14.2. The molecule has 3 aromatic carbocycles. The van der Waals surface area contributed by atoms with Gasteiger partial charge >= 0.3 is 0 Å². The Labute approximate surface area is 220 Å². The van der Waals surface area contributed by atoms with E-state index in [1.165, 1.54) is 23.8 Å². The highest BCUT2D eigenvalue weighted by atomic mass is 35.5. The van der Waals surface area contributed by atoms with Crippen molar-refractivity contribution >= 4 is 78.1 Å². The van der Waals surface area contributed by atoms with Crippen molar-refractivity contribution in [1.82, 2.24) is 19.9 Å². The van der Waals surface area contributed by atoms with Crippen molar-refractivity contribution in [3.05, 3.63) is 76.5 Å². The van der Waals surface area contributed by atoms with Gasteiger partial charge in [-0.25, -0.2) is 4.98 Å². The molecule has 0 saturated heterocycles. The van der Waals surface area contributed by atoms with Gasteiger partial charge in [0.25, 0.3) is 10.1 Å². The molecule has 0 aliphatic carbocycles. The van der Waals surface area contributed by atoms with E-state index < -0.39 is 10.1 Å². The topological polar surface area (TPSA) is 130 Å². The zero-order chi connectivity index (χ0) is 25.4. The van der Waals surface area contributed by atoms with Crippen molar-refractivity contribution < 1.29 is 13.0 Å². The number of nitrogens with zero attached hydrogens (tertiary/aromatic N) is 4. The average molecular weight is 559 g/mol. The minimum absolute atomic E-state index is 0.0671. The fourth-order valence-corrected chi connectivity index (χ4v) is 5.48. The Bertz CT molecular complexity index is 1730. The maximum absolute atomic E-state index is 11.4. The molecule has 0 aliphatic heterocycles. The molecule has 5 aromatic rings. The number of nitrogens with one attached hydrogen (secondary N) is 2. The maximum atomic E-state index is 11.4. The summed E-state index contributed by atoms with van der Waals surface area (Å²) in [6, 6.07) is 17.1. The number of hydrogen-bond acceptors (Lipinski definition) is 9. The Morgan fingerprint density at radius 3 is 2.28 bits per heavy atom. The normalized spacial score (nSPS) is 11.6. The smallest absolute Gasteiger partial charge is 0.294 e. The molecule has 0 unspecified atom stereocenters. The summed E-state index contributed by atoms with van der Waals surface area (Å²) in [5.74, 6) is 0.209. The Morgan fingerprint density at radius 1 is 0.861 bits per heavy atom. The summed E-state index contributed by atoms with van der Waals surface area (Å²) in [7, 11) is -4.36. The van der Waals surface area contributed by atoms with Crippen LogP contribution < -0.4 is 10.6 Å². The van der Waals surface area contributed by atoms with Gasteiger partial charge < -0.3 is 10.6 Å². The first-order chi connectivity index (χ1) is 17.1. The molecule has 0 radical (unpaired) electrons. The van der Waals surface area contributed by atoms with E-state index in [1.54, 1.807) is 23.5 Å². The standard InChI is InChI=1S/C23H16Cl2N6O3S2/c1-12-5-8-18-19(9-12)35-20(28-18)16-7-6-14(11-17(16)24)27-23-30-21(25)29-22(31-23)26-13-3-2-4-15(10-13)36(32,33)34/h2-11H,1H3,(H,32,33,34)(H2,26,27,29,30,31). The van der Waals surface area contributed by atoms with Crippen LogP contribution in [0.4, 0.5) is 23.3 Å². The van der Waals surface area contributed by atoms with E-state index in [0.29, 0.717) is 16.4 Å². The second-order valence-corrected chi connectivity index (χ2v) is 10.9. The van der Waals surface area contributed by atoms with E-state index in [1.807, 2.05) is 31.2 Å². The highest BCUT2D eigenvalue weighted by Crippen LogP contribution is 2.36. The molecular formula is C23H16Cl2N6O3S2. The fraction of sp³-hybridized carbons (Fsp3) is 0.0435. The summed E-state index contributed by atoms with van der Waals surface area (Å²) in [6.45, 7) is 2.04. The summed E-state index contributed by atoms with van der Waals surface area (Å²) in [6.07, 6.45) is 0. The van der Waals surface area contributed by atoms with Crippen LogP contribution in [0.1, 0.15) is 5.56 Å². The lowest BCUT2D eigenvalue weighted by Crippen LogP contribution is -2.05. The first-order valence-corrected chi connectivity index (χ1v) is 13.4. The van der Waals surface area contributed by atoms with E-state index in [2.05, 4.69) is 36.6 Å². The monoisotopic (exact) mass is 558 g/mol. The Morgan fingerprint density at radius 2 is 1.58 bits per heavy atom. The van der Waals surface area contributed by atoms with Crippen molar-refractivity contribution in [2.45, 2.75) is 11.8 Å². The molecule has 9 nitrogen and oxygen atoms in total. The third-order valence-corrected chi connectivity index (χ3v) is 7.38. The summed E-state index contributed by atoms with van der Waals surface area (Å²) in [4.78, 5) is 16.8. The minimum atomic E-state index is -4.36. The van der Waals surface area contributed by atoms with Crippen LogP contribution in [0.15, 0.2) is 65.6 Å². The van der Waals surface area contributed by atoms with Crippen LogP contribution in [0, 0.1) is 6.92 Å². The van der Waals surface area contributed by atoms with Crippen LogP contribution in [-0.2, 0) is 10.1 Å². The number of hydrogen-bond donors (Lipinski definition) is 3. The molecule has 13 heteroatoms. The van der Waals surface area contributed by atoms with Crippen LogP contribution in [-0.4, -0.2) is 32.9 Å². The number of aromatic nitrogens is 4. The molecule has 2 aromatic heterocycles. The Balaban J connectivity index is 1.38. The molecule has 0 saturated carbocycles. The lowest BCUT2D eigenvalue weighted by atomic mass is 10.2. The molecule has 5 rings (SSSR count). The van der Waals surface area contributed by atoms with E-state index in [4.69, 9.17) is 23.2 Å². The van der Waals surface area contributed by atoms with E-state index in [0.717, 1.165) is 20.8 Å². The summed E-state index contributed by atoms with van der Waals surface area (Å²) < 4.78 is 33.1. The molecule has 0 fully saturated rings. The Kier molecular flexibility index (Phi) is 6.49. The second kappa shape index (κ2) is 9.60. The highest BCUT2D eigenvalue weighted by Gasteiger charge is 2.13. The molecule has 3 N–H and O–H groups in total. The number of anilines is 4. The molecule has 0 amide bonds. The molecule has 2 heterocycles. The van der Waals surface area contributed by atoms with Crippen LogP contribution in [0.5, 0.6) is 0 Å². The summed E-state index contributed by atoms with van der Waals surface area (Å²) in [5.41, 5.74) is 3.83. The minimum Gasteiger partial charge on any atom is -0.324 e. The number of benzene rings is 3. The van der Waals surface area contributed by atoms with Gasteiger partial charge in [-0.05, 0) is 72.6 Å². The van der Waals surface area contributed by atoms with Gasteiger partial charge in [0, 0.05) is 16.9 Å². The second-order valence-electron chi connectivity index (χ2n) is 7.69. The van der Waals surface area contributed by atoms with Crippen LogP contribution in [0.3, 0.4) is 0 Å². The molecule has 0 aliphatic rings. The van der Waals surface area contributed by atoms with Gasteiger partial charge in [0.15, 0.2) is 0 Å². The third kappa shape index (κ3) is 5.40. The van der Waals surface area contributed by atoms with Gasteiger partial charge in [0.05, 0.1) is 20.1 Å². The number of aryl methyl sites for hydroxylation is 1. The molecular weight excluding hydrogens is 543 g/mol. The van der Waals surface area contributed by atoms with E-state index in [-0.39, 0.29) is 22.1 Å². The molecule has 0 bridgehead atoms. The fourth-order valence-electron chi connectivity index (χ4n) is 3.37. The summed E-state index contributed by atoms with van der Waals surface area (Å²) in [5, 5.41) is 7.10.